The zero-order valence-electron chi connectivity index (χ0n) is 18.7. The average Bonchev–Trinajstić information content (AvgIpc) is 2.78. The molecule has 11 nitrogen and oxygen atoms in total. The second kappa shape index (κ2) is 10.5. The third kappa shape index (κ3) is 6.68. The Balaban J connectivity index is 0.00000432. The molecule has 0 atom stereocenters. The quantitative estimate of drug-likeness (QED) is 0.373. The molecule has 0 radical (unpaired) electrons. The normalized spacial score (nSPS) is 12.0. The lowest BCUT2D eigenvalue weighted by Crippen LogP contribution is -2.16. The maximum absolute atomic E-state index is 12.3. The van der Waals surface area contributed by atoms with Crippen molar-refractivity contribution in [1.82, 2.24) is 0 Å². The number of hydrogen-bond donors (Lipinski definition) is 2. The van der Waals surface area contributed by atoms with E-state index >= 15 is 0 Å². The van der Waals surface area contributed by atoms with E-state index in [0.717, 1.165) is 29.6 Å². The highest BCUT2D eigenvalue weighted by molar-refractivity contribution is 7.97. The summed E-state index contributed by atoms with van der Waals surface area (Å²) >= 11 is 0. The summed E-state index contributed by atoms with van der Waals surface area (Å²) in [5.74, 6) is -1.39. The van der Waals surface area contributed by atoms with Gasteiger partial charge in [0, 0.05) is 11.4 Å². The van der Waals surface area contributed by atoms with Crippen LogP contribution in [0.2, 0.25) is 0 Å². The van der Waals surface area contributed by atoms with Crippen LogP contribution in [-0.2, 0) is 28.3 Å². The summed E-state index contributed by atoms with van der Waals surface area (Å²) in [5.41, 5.74) is 1.35. The van der Waals surface area contributed by atoms with Gasteiger partial charge < -0.3 is 10.4 Å². The molecule has 0 amide bonds. The lowest BCUT2D eigenvalue weighted by molar-refractivity contribution is 0.0697. The van der Waals surface area contributed by atoms with Crippen LogP contribution in [0.1, 0.15) is 18.7 Å². The molecular formula is C21H20N3O8S2+. The largest absolute Gasteiger partial charge is 1.00 e. The highest BCUT2D eigenvalue weighted by Gasteiger charge is 2.27. The predicted octanol–water partition coefficient (Wildman–Crippen LogP) is 4.64. The fraction of sp³-hybridized carbons (Fsp3) is 0.0952. The maximum Gasteiger partial charge on any atom is 1.00 e. The molecule has 3 aromatic carbocycles. The first kappa shape index (κ1) is 25.0. The zero-order valence-corrected chi connectivity index (χ0v) is 19.3. The maximum atomic E-state index is 12.3. The van der Waals surface area contributed by atoms with Gasteiger partial charge in [-0.1, -0.05) is 18.2 Å². The van der Waals surface area contributed by atoms with Crippen molar-refractivity contribution in [3.05, 3.63) is 78.4 Å². The smallest absolute Gasteiger partial charge is 0.478 e. The molecule has 0 aliphatic rings. The van der Waals surface area contributed by atoms with Gasteiger partial charge in [-0.25, -0.2) is 8.98 Å². The number of carboxylic acid groups (broad SMARTS) is 1. The Morgan fingerprint density at radius 2 is 1.59 bits per heavy atom. The minimum atomic E-state index is -4.84. The lowest BCUT2D eigenvalue weighted by Gasteiger charge is -2.07. The lowest BCUT2D eigenvalue weighted by atomic mass is 10.2. The van der Waals surface area contributed by atoms with Crippen molar-refractivity contribution >= 4 is 49.2 Å². The van der Waals surface area contributed by atoms with Gasteiger partial charge in [-0.15, -0.1) is 8.74 Å². The van der Waals surface area contributed by atoms with E-state index in [1.807, 2.05) is 30.3 Å². The number of anilines is 2. The van der Waals surface area contributed by atoms with E-state index in [1.54, 1.807) is 24.3 Å². The molecule has 0 fully saturated rings. The van der Waals surface area contributed by atoms with Gasteiger partial charge in [0.15, 0.2) is 0 Å². The first-order chi connectivity index (χ1) is 16.1. The van der Waals surface area contributed by atoms with Gasteiger partial charge in [0.1, 0.15) is 5.69 Å². The van der Waals surface area contributed by atoms with Gasteiger partial charge in [-0.2, -0.15) is 21.9 Å². The molecule has 2 N–H and O–H groups in total. The van der Waals surface area contributed by atoms with E-state index in [0.29, 0.717) is 5.69 Å². The summed E-state index contributed by atoms with van der Waals surface area (Å²) in [7, 11) is -9.66. The highest BCUT2D eigenvalue weighted by atomic mass is 32.3. The number of nitrogens with zero attached hydrogens (tertiary/aromatic N) is 2. The van der Waals surface area contributed by atoms with Crippen molar-refractivity contribution in [2.45, 2.75) is 11.8 Å². The van der Waals surface area contributed by atoms with Crippen molar-refractivity contribution in [3.63, 3.8) is 0 Å². The number of carboxylic acids is 1. The second-order valence-electron chi connectivity index (χ2n) is 6.56. The predicted molar refractivity (Wildman–Crippen MR) is 124 cm³/mol. The molecule has 13 heteroatoms. The molecule has 0 aromatic heterocycles. The Hall–Kier alpha value is -3.65. The monoisotopic (exact) mass is 506 g/mol. The summed E-state index contributed by atoms with van der Waals surface area (Å²) in [6, 6.07) is 18.8. The van der Waals surface area contributed by atoms with Crippen molar-refractivity contribution in [2.75, 3.05) is 11.9 Å². The van der Waals surface area contributed by atoms with Crippen molar-refractivity contribution in [2.24, 2.45) is 10.2 Å². The van der Waals surface area contributed by atoms with Gasteiger partial charge in [0.25, 0.3) is 0 Å². The standard InChI is InChI=1S/C21H19N3O8S2/c1-2-31-34(29,30)32-33(27,28)18-12-13-19(21(25)26)20(14-18)24-23-17-10-8-16(9-11-17)22-15-6-4-3-5-7-15/h3-14,22H,2H2,1H3,(H,25,26)/p+1. The van der Waals surface area contributed by atoms with Crippen LogP contribution in [0.15, 0.2) is 87.9 Å². The molecule has 34 heavy (non-hydrogen) atoms. The minimum absolute atomic E-state index is 0. The third-order valence-electron chi connectivity index (χ3n) is 4.13. The number of benzene rings is 3. The van der Waals surface area contributed by atoms with Crippen LogP contribution in [0, 0.1) is 0 Å². The van der Waals surface area contributed by atoms with Gasteiger partial charge in [-0.05, 0) is 61.5 Å². The topological polar surface area (TPSA) is 161 Å². The number of nitrogens with one attached hydrogen (secondary N) is 1. The minimum Gasteiger partial charge on any atom is -0.478 e. The number of carbonyl (C=O) groups is 1. The summed E-state index contributed by atoms with van der Waals surface area (Å²) in [6.45, 7) is 0.993. The van der Waals surface area contributed by atoms with Crippen LogP contribution in [0.25, 0.3) is 0 Å². The number of aromatic carboxylic acids is 1. The van der Waals surface area contributed by atoms with Crippen molar-refractivity contribution in [3.8, 4) is 0 Å². The van der Waals surface area contributed by atoms with Crippen LogP contribution in [0.3, 0.4) is 0 Å². The Labute approximate surface area is 197 Å². The molecule has 0 spiro atoms. The van der Waals surface area contributed by atoms with E-state index < -0.39 is 31.4 Å². The van der Waals surface area contributed by atoms with Gasteiger partial charge in [-0.3, -0.25) is 0 Å². The molecule has 3 rings (SSSR count). The Morgan fingerprint density at radius 3 is 2.21 bits per heavy atom. The first-order valence-electron chi connectivity index (χ1n) is 9.66. The van der Waals surface area contributed by atoms with E-state index in [1.165, 1.54) is 6.92 Å². The van der Waals surface area contributed by atoms with Gasteiger partial charge >= 0.3 is 27.9 Å². The molecule has 0 bridgehead atoms. The molecule has 0 saturated carbocycles. The number of para-hydroxylation sites is 1. The Kier molecular flexibility index (Phi) is 7.73. The second-order valence-corrected chi connectivity index (χ2v) is 9.54. The van der Waals surface area contributed by atoms with Crippen LogP contribution in [0.4, 0.5) is 22.7 Å². The van der Waals surface area contributed by atoms with Crippen molar-refractivity contribution in [1.29, 1.82) is 0 Å². The highest BCUT2D eigenvalue weighted by Crippen LogP contribution is 2.28. The number of rotatable bonds is 10. The van der Waals surface area contributed by atoms with Gasteiger partial charge in [0.2, 0.25) is 0 Å². The van der Waals surface area contributed by atoms with E-state index in [-0.39, 0.29) is 19.3 Å². The SMILES string of the molecule is CCOS(=O)(=O)OS(=O)(=O)c1ccc(C(=O)O)c(N=Nc2ccc(Nc3ccccc3)cc2)c1.[H+]. The zero-order chi connectivity index (χ0) is 24.8. The average molecular weight is 507 g/mol. The van der Waals surface area contributed by atoms with Crippen LogP contribution < -0.4 is 5.32 Å². The Bertz CT molecular complexity index is 1410. The molecular weight excluding hydrogens is 486 g/mol. The fourth-order valence-corrected chi connectivity index (χ4v) is 4.78. The van der Waals surface area contributed by atoms with Gasteiger partial charge in [0.05, 0.1) is 22.8 Å². The molecule has 0 aliphatic carbocycles. The molecule has 0 heterocycles. The van der Waals surface area contributed by atoms with Crippen molar-refractivity contribution < 1.29 is 36.0 Å². The summed E-state index contributed by atoms with van der Waals surface area (Å²) < 4.78 is 56.1. The van der Waals surface area contributed by atoms with E-state index in [2.05, 4.69) is 23.4 Å². The summed E-state index contributed by atoms with van der Waals surface area (Å²) in [4.78, 5) is 10.9. The summed E-state index contributed by atoms with van der Waals surface area (Å²) in [6.07, 6.45) is 0. The molecule has 0 unspecified atom stereocenters. The number of hydrogen-bond acceptors (Lipinski definition) is 10. The van der Waals surface area contributed by atoms with E-state index in [4.69, 9.17) is 0 Å². The fourth-order valence-electron chi connectivity index (χ4n) is 2.65. The van der Waals surface area contributed by atoms with E-state index in [9.17, 15) is 26.7 Å². The summed E-state index contributed by atoms with van der Waals surface area (Å²) in [5, 5.41) is 20.4. The Morgan fingerprint density at radius 1 is 0.941 bits per heavy atom. The third-order valence-corrected chi connectivity index (χ3v) is 6.87. The number of azo groups is 1. The molecule has 3 aromatic rings. The van der Waals surface area contributed by atoms with Crippen LogP contribution >= 0.6 is 0 Å². The molecule has 0 saturated heterocycles. The molecule has 178 valence electrons. The van der Waals surface area contributed by atoms with Crippen LogP contribution in [0.5, 0.6) is 0 Å². The molecule has 0 aliphatic heterocycles. The first-order valence-corrected chi connectivity index (χ1v) is 12.4. The van der Waals surface area contributed by atoms with Crippen LogP contribution in [-0.4, -0.2) is 34.5 Å².